The Morgan fingerprint density at radius 2 is 1.74 bits per heavy atom. The van der Waals surface area contributed by atoms with Gasteiger partial charge < -0.3 is 4.90 Å². The first kappa shape index (κ1) is 14.7. The average Bonchev–Trinajstić information content (AvgIpc) is 2.99. The largest absolute Gasteiger partial charge is 0.344 e. The van der Waals surface area contributed by atoms with Crippen LogP contribution in [0.2, 0.25) is 0 Å². The van der Waals surface area contributed by atoms with Crippen LogP contribution in [-0.2, 0) is 6.67 Å². The Hall–Kier alpha value is -1.86. The molecule has 0 unspecified atom stereocenters. The molecular formula is C16H12BrFN4S. The standard InChI is InChI=1S/C16H12BrFN4S/c17-12-3-1-11(2-4-12)15-19-20-16-22(15)9-21(10-23-16)14-7-5-13(18)6-8-14/h1-8H,9-10H2. The summed E-state index contributed by atoms with van der Waals surface area (Å²) in [5, 5.41) is 9.51. The zero-order valence-electron chi connectivity index (χ0n) is 12.0. The van der Waals surface area contributed by atoms with Crippen molar-refractivity contribution < 1.29 is 4.39 Å². The maximum absolute atomic E-state index is 13.1. The van der Waals surface area contributed by atoms with Gasteiger partial charge in [0, 0.05) is 15.7 Å². The van der Waals surface area contributed by atoms with Crippen LogP contribution in [0, 0.1) is 5.82 Å². The number of anilines is 1. The molecule has 4 nitrogen and oxygen atoms in total. The van der Waals surface area contributed by atoms with Gasteiger partial charge in [-0.05, 0) is 36.4 Å². The first-order chi connectivity index (χ1) is 11.2. The molecule has 1 aliphatic heterocycles. The van der Waals surface area contributed by atoms with Crippen LogP contribution >= 0.6 is 27.7 Å². The van der Waals surface area contributed by atoms with Gasteiger partial charge in [-0.25, -0.2) is 4.39 Å². The minimum absolute atomic E-state index is 0.223. The minimum atomic E-state index is -0.223. The van der Waals surface area contributed by atoms with Crippen LogP contribution in [0.3, 0.4) is 0 Å². The zero-order valence-corrected chi connectivity index (χ0v) is 14.4. The van der Waals surface area contributed by atoms with E-state index in [1.165, 1.54) is 12.1 Å². The summed E-state index contributed by atoms with van der Waals surface area (Å²) in [6.45, 7) is 0.645. The number of nitrogens with zero attached hydrogens (tertiary/aromatic N) is 4. The summed E-state index contributed by atoms with van der Waals surface area (Å²) < 4.78 is 16.2. The number of hydrogen-bond donors (Lipinski definition) is 0. The zero-order chi connectivity index (χ0) is 15.8. The van der Waals surface area contributed by atoms with E-state index in [2.05, 4.69) is 35.6 Å². The molecule has 1 aliphatic rings. The van der Waals surface area contributed by atoms with Crippen LogP contribution in [0.25, 0.3) is 11.4 Å². The van der Waals surface area contributed by atoms with Gasteiger partial charge >= 0.3 is 0 Å². The lowest BCUT2D eigenvalue weighted by molar-refractivity contribution is 0.605. The Morgan fingerprint density at radius 1 is 1.00 bits per heavy atom. The highest BCUT2D eigenvalue weighted by molar-refractivity contribution is 9.10. The number of hydrogen-bond acceptors (Lipinski definition) is 4. The molecule has 116 valence electrons. The quantitative estimate of drug-likeness (QED) is 0.650. The van der Waals surface area contributed by atoms with Crippen molar-refractivity contribution in [3.8, 4) is 11.4 Å². The summed E-state index contributed by atoms with van der Waals surface area (Å²) in [6.07, 6.45) is 0. The number of fused-ring (bicyclic) bond motifs is 1. The average molecular weight is 391 g/mol. The number of benzene rings is 2. The molecule has 4 rings (SSSR count). The summed E-state index contributed by atoms with van der Waals surface area (Å²) in [7, 11) is 0. The molecule has 0 atom stereocenters. The lowest BCUT2D eigenvalue weighted by Gasteiger charge is -2.29. The molecule has 0 bridgehead atoms. The normalized spacial score (nSPS) is 13.9. The molecule has 0 amide bonds. The van der Waals surface area contributed by atoms with Crippen molar-refractivity contribution in [2.45, 2.75) is 11.8 Å². The van der Waals surface area contributed by atoms with Crippen molar-refractivity contribution in [1.82, 2.24) is 14.8 Å². The Bertz CT molecular complexity index is 832. The monoisotopic (exact) mass is 390 g/mol. The molecule has 2 heterocycles. The Morgan fingerprint density at radius 3 is 2.48 bits per heavy atom. The molecule has 0 aliphatic carbocycles. The van der Waals surface area contributed by atoms with Gasteiger partial charge in [-0.2, -0.15) is 0 Å². The van der Waals surface area contributed by atoms with E-state index in [-0.39, 0.29) is 5.82 Å². The highest BCUT2D eigenvalue weighted by Crippen LogP contribution is 2.31. The van der Waals surface area contributed by atoms with Crippen LogP contribution in [-0.4, -0.2) is 20.6 Å². The number of aromatic nitrogens is 3. The number of thioether (sulfide) groups is 1. The first-order valence-corrected chi connectivity index (χ1v) is 8.81. The lowest BCUT2D eigenvalue weighted by atomic mass is 10.2. The van der Waals surface area contributed by atoms with Crippen molar-refractivity contribution in [3.05, 3.63) is 58.8 Å². The van der Waals surface area contributed by atoms with E-state index in [0.717, 1.165) is 32.6 Å². The molecule has 2 aromatic carbocycles. The Kier molecular flexibility index (Phi) is 3.82. The summed E-state index contributed by atoms with van der Waals surface area (Å²) in [4.78, 5) is 2.17. The molecule has 0 spiro atoms. The molecule has 0 saturated heterocycles. The van der Waals surface area contributed by atoms with E-state index in [9.17, 15) is 4.39 Å². The Labute approximate surface area is 145 Å². The number of halogens is 2. The summed E-state index contributed by atoms with van der Waals surface area (Å²) in [5.41, 5.74) is 2.01. The third-order valence-electron chi connectivity index (χ3n) is 3.67. The van der Waals surface area contributed by atoms with Crippen molar-refractivity contribution in [3.63, 3.8) is 0 Å². The first-order valence-electron chi connectivity index (χ1n) is 7.03. The van der Waals surface area contributed by atoms with Gasteiger partial charge in [0.25, 0.3) is 0 Å². The molecule has 3 aromatic rings. The van der Waals surface area contributed by atoms with Gasteiger partial charge in [-0.15, -0.1) is 10.2 Å². The summed E-state index contributed by atoms with van der Waals surface area (Å²) in [5.74, 6) is 1.38. The van der Waals surface area contributed by atoms with Crippen LogP contribution in [0.15, 0.2) is 58.2 Å². The third-order valence-corrected chi connectivity index (χ3v) is 5.20. The van der Waals surface area contributed by atoms with Crippen LogP contribution in [0.4, 0.5) is 10.1 Å². The molecular weight excluding hydrogens is 379 g/mol. The van der Waals surface area contributed by atoms with E-state index in [0.29, 0.717) is 6.67 Å². The SMILES string of the molecule is Fc1ccc(N2CSc3nnc(-c4ccc(Br)cc4)n3C2)cc1. The molecule has 0 fully saturated rings. The summed E-state index contributed by atoms with van der Waals surface area (Å²) in [6, 6.07) is 14.6. The number of rotatable bonds is 2. The van der Waals surface area contributed by atoms with Crippen molar-refractivity contribution in [2.24, 2.45) is 0 Å². The van der Waals surface area contributed by atoms with Crippen molar-refractivity contribution >= 4 is 33.4 Å². The molecule has 1 aromatic heterocycles. The van der Waals surface area contributed by atoms with Crippen LogP contribution in [0.5, 0.6) is 0 Å². The van der Waals surface area contributed by atoms with Gasteiger partial charge in [0.1, 0.15) is 5.82 Å². The van der Waals surface area contributed by atoms with Gasteiger partial charge in [0.2, 0.25) is 0 Å². The minimum Gasteiger partial charge on any atom is -0.344 e. The van der Waals surface area contributed by atoms with E-state index < -0.39 is 0 Å². The van der Waals surface area contributed by atoms with E-state index in [4.69, 9.17) is 0 Å². The molecule has 7 heteroatoms. The Balaban J connectivity index is 1.67. The molecule has 0 radical (unpaired) electrons. The van der Waals surface area contributed by atoms with Gasteiger partial charge in [-0.1, -0.05) is 39.8 Å². The van der Waals surface area contributed by atoms with Crippen molar-refractivity contribution in [1.29, 1.82) is 0 Å². The maximum atomic E-state index is 13.1. The van der Waals surface area contributed by atoms with Crippen LogP contribution < -0.4 is 4.90 Å². The van der Waals surface area contributed by atoms with E-state index >= 15 is 0 Å². The topological polar surface area (TPSA) is 34.0 Å². The lowest BCUT2D eigenvalue weighted by Crippen LogP contribution is -2.30. The summed E-state index contributed by atoms with van der Waals surface area (Å²) >= 11 is 5.07. The highest BCUT2D eigenvalue weighted by Gasteiger charge is 2.22. The molecule has 23 heavy (non-hydrogen) atoms. The van der Waals surface area contributed by atoms with Gasteiger partial charge in [0.05, 0.1) is 12.5 Å². The fourth-order valence-electron chi connectivity index (χ4n) is 2.49. The maximum Gasteiger partial charge on any atom is 0.194 e. The van der Waals surface area contributed by atoms with E-state index in [1.54, 1.807) is 23.9 Å². The second kappa shape index (κ2) is 5.98. The third kappa shape index (κ3) is 2.86. The molecule has 0 N–H and O–H groups in total. The highest BCUT2D eigenvalue weighted by atomic mass is 79.9. The second-order valence-corrected chi connectivity index (χ2v) is 7.00. The molecule has 0 saturated carbocycles. The fraction of sp³-hybridized carbons (Fsp3) is 0.125. The predicted octanol–water partition coefficient (Wildman–Crippen LogP) is 4.37. The predicted molar refractivity (Wildman–Crippen MR) is 92.8 cm³/mol. The van der Waals surface area contributed by atoms with Crippen molar-refractivity contribution in [2.75, 3.05) is 10.8 Å². The smallest absolute Gasteiger partial charge is 0.194 e. The second-order valence-electron chi connectivity index (χ2n) is 5.17. The van der Waals surface area contributed by atoms with Crippen LogP contribution in [0.1, 0.15) is 0 Å². The van der Waals surface area contributed by atoms with Gasteiger partial charge in [0.15, 0.2) is 11.0 Å². The van der Waals surface area contributed by atoms with E-state index in [1.807, 2.05) is 24.3 Å². The van der Waals surface area contributed by atoms with Gasteiger partial charge in [-0.3, -0.25) is 4.57 Å². The fourth-order valence-corrected chi connectivity index (χ4v) is 3.66.